The monoisotopic (exact) mass is 595 g/mol. The van der Waals surface area contributed by atoms with Crippen LogP contribution in [0, 0.1) is 5.92 Å². The maximum Gasteiger partial charge on any atom is 0.239 e. The molecule has 5 N–H and O–H groups in total. The first-order valence-corrected chi connectivity index (χ1v) is 13.2. The zero-order valence-electron chi connectivity index (χ0n) is 23.2. The Morgan fingerprint density at radius 3 is 2.33 bits per heavy atom. The van der Waals surface area contributed by atoms with Crippen molar-refractivity contribution in [3.8, 4) is 5.75 Å². The van der Waals surface area contributed by atoms with E-state index in [9.17, 15) is 24.9 Å². The topological polar surface area (TPSA) is 146 Å². The number of benzene rings is 1. The molecule has 0 spiro atoms. The lowest BCUT2D eigenvalue weighted by atomic mass is 10.0. The van der Waals surface area contributed by atoms with Gasteiger partial charge < -0.3 is 40.3 Å². The van der Waals surface area contributed by atoms with E-state index in [0.717, 1.165) is 12.0 Å². The molecule has 1 aliphatic heterocycles. The Balaban J connectivity index is 0.00000722. The molecule has 39 heavy (non-hydrogen) atoms. The van der Waals surface area contributed by atoms with Gasteiger partial charge in [-0.15, -0.1) is 24.8 Å². The molecule has 1 aromatic carbocycles. The van der Waals surface area contributed by atoms with E-state index < -0.39 is 24.4 Å². The third-order valence-electron chi connectivity index (χ3n) is 6.56. The van der Waals surface area contributed by atoms with E-state index in [-0.39, 0.29) is 68.6 Å². The molecule has 1 aliphatic rings. The highest BCUT2D eigenvalue weighted by Crippen LogP contribution is 2.14. The number of rotatable bonds is 7. The van der Waals surface area contributed by atoms with E-state index in [1.165, 1.54) is 11.8 Å². The average molecular weight is 597 g/mol. The van der Waals surface area contributed by atoms with Crippen molar-refractivity contribution in [2.75, 3.05) is 46.0 Å². The summed E-state index contributed by atoms with van der Waals surface area (Å²) in [7, 11) is 0. The molecular formula is C27H47Cl2N3O7. The molecule has 2 amide bonds. The number of halogens is 2. The number of nitrogens with two attached hydrogens (primary N) is 1. The summed E-state index contributed by atoms with van der Waals surface area (Å²) in [4.78, 5) is 29.0. The van der Waals surface area contributed by atoms with E-state index in [1.54, 1.807) is 29.2 Å². The lowest BCUT2D eigenvalue weighted by Crippen LogP contribution is -2.52. The van der Waals surface area contributed by atoms with Gasteiger partial charge in [-0.3, -0.25) is 9.59 Å². The van der Waals surface area contributed by atoms with Gasteiger partial charge in [0.25, 0.3) is 0 Å². The average Bonchev–Trinajstić information content (AvgIpc) is 2.85. The molecule has 10 nitrogen and oxygen atoms in total. The second-order valence-electron chi connectivity index (χ2n) is 10.2. The van der Waals surface area contributed by atoms with E-state index in [0.29, 0.717) is 44.9 Å². The molecule has 0 aromatic heterocycles. The first-order valence-electron chi connectivity index (χ1n) is 13.2. The fourth-order valence-corrected chi connectivity index (χ4v) is 4.15. The van der Waals surface area contributed by atoms with Gasteiger partial charge in [-0.1, -0.05) is 26.0 Å². The molecule has 12 heteroatoms. The third-order valence-corrected chi connectivity index (χ3v) is 6.56. The van der Waals surface area contributed by atoms with Crippen LogP contribution in [0.1, 0.15) is 45.6 Å². The summed E-state index contributed by atoms with van der Waals surface area (Å²) in [5.41, 5.74) is 7.11. The molecule has 0 saturated carbocycles. The predicted octanol–water partition coefficient (Wildman–Crippen LogP) is 1.75. The Labute approximate surface area is 244 Å². The van der Waals surface area contributed by atoms with Gasteiger partial charge in [0.1, 0.15) is 24.1 Å². The predicted molar refractivity (Wildman–Crippen MR) is 154 cm³/mol. The minimum Gasteiger partial charge on any atom is -0.508 e. The van der Waals surface area contributed by atoms with Crippen LogP contribution in [-0.4, -0.2) is 107 Å². The number of nitrogens with zero attached hydrogens (tertiary/aromatic N) is 2. The lowest BCUT2D eigenvalue weighted by Gasteiger charge is -2.34. The molecule has 2 rings (SSSR count). The van der Waals surface area contributed by atoms with E-state index in [4.69, 9.17) is 15.2 Å². The zero-order chi connectivity index (χ0) is 27.4. The quantitative estimate of drug-likeness (QED) is 0.373. The van der Waals surface area contributed by atoms with E-state index in [2.05, 4.69) is 13.8 Å². The van der Waals surface area contributed by atoms with Crippen LogP contribution >= 0.6 is 24.8 Å². The SMILES string of the molecule is CC(=O)N1CCN(C(=O)[C@@H](N)Cc2ccc(O)cc2)CCCCOC[C@@H](O)[C@@H](O)[C@H](OCCC(C)C)C1.Cl.Cl. The second kappa shape index (κ2) is 19.4. The molecule has 0 bridgehead atoms. The van der Waals surface area contributed by atoms with Crippen LogP contribution in [0.15, 0.2) is 24.3 Å². The van der Waals surface area contributed by atoms with Gasteiger partial charge in [-0.25, -0.2) is 0 Å². The Hall–Kier alpha value is -1.66. The molecule has 226 valence electrons. The van der Waals surface area contributed by atoms with Gasteiger partial charge in [-0.2, -0.15) is 0 Å². The summed E-state index contributed by atoms with van der Waals surface area (Å²) in [6.07, 6.45) is -0.750. The molecule has 1 heterocycles. The number of phenolic OH excluding ortho intramolecular Hbond substituents is 1. The number of aromatic hydroxyl groups is 1. The van der Waals surface area contributed by atoms with Crippen LogP contribution < -0.4 is 5.73 Å². The highest BCUT2D eigenvalue weighted by Gasteiger charge is 2.31. The molecule has 1 aromatic rings. The van der Waals surface area contributed by atoms with Crippen molar-refractivity contribution >= 4 is 36.6 Å². The van der Waals surface area contributed by atoms with E-state index >= 15 is 0 Å². The number of carbonyl (C=O) groups is 2. The minimum atomic E-state index is -1.23. The summed E-state index contributed by atoms with van der Waals surface area (Å²) >= 11 is 0. The van der Waals surface area contributed by atoms with Crippen molar-refractivity contribution in [3.63, 3.8) is 0 Å². The number of aliphatic hydroxyl groups is 2. The van der Waals surface area contributed by atoms with E-state index in [1.807, 2.05) is 0 Å². The van der Waals surface area contributed by atoms with Crippen molar-refractivity contribution in [1.82, 2.24) is 9.80 Å². The van der Waals surface area contributed by atoms with Crippen molar-refractivity contribution in [1.29, 1.82) is 0 Å². The van der Waals surface area contributed by atoms with Crippen molar-refractivity contribution in [2.24, 2.45) is 11.7 Å². The molecule has 4 atom stereocenters. The third kappa shape index (κ3) is 13.5. The molecular weight excluding hydrogens is 549 g/mol. The highest BCUT2D eigenvalue weighted by atomic mass is 35.5. The number of carbonyl (C=O) groups excluding carboxylic acids is 2. The van der Waals surface area contributed by atoms with Crippen LogP contribution in [0.2, 0.25) is 0 Å². The maximum atomic E-state index is 13.3. The molecule has 0 radical (unpaired) electrons. The summed E-state index contributed by atoms with van der Waals surface area (Å²) in [5, 5.41) is 30.8. The van der Waals surface area contributed by atoms with Crippen molar-refractivity contribution in [3.05, 3.63) is 29.8 Å². The zero-order valence-corrected chi connectivity index (χ0v) is 24.9. The number of aliphatic hydroxyl groups excluding tert-OH is 2. The molecule has 1 saturated heterocycles. The van der Waals surface area contributed by atoms with Gasteiger partial charge in [-0.05, 0) is 49.3 Å². The Morgan fingerprint density at radius 1 is 1.08 bits per heavy atom. The van der Waals surface area contributed by atoms with Crippen LogP contribution in [-0.2, 0) is 25.5 Å². The van der Waals surface area contributed by atoms with Gasteiger partial charge in [0.15, 0.2) is 0 Å². The van der Waals surface area contributed by atoms with Gasteiger partial charge >= 0.3 is 0 Å². The first-order chi connectivity index (χ1) is 17.6. The Kier molecular flexibility index (Phi) is 18.6. The van der Waals surface area contributed by atoms with Crippen molar-refractivity contribution < 1.29 is 34.4 Å². The number of hydrogen-bond acceptors (Lipinski definition) is 8. The fourth-order valence-electron chi connectivity index (χ4n) is 4.15. The van der Waals surface area contributed by atoms with Crippen LogP contribution in [0.5, 0.6) is 5.75 Å². The van der Waals surface area contributed by atoms with Crippen LogP contribution in [0.3, 0.4) is 0 Å². The number of phenols is 1. The van der Waals surface area contributed by atoms with Gasteiger partial charge in [0.05, 0.1) is 12.6 Å². The van der Waals surface area contributed by atoms with Crippen LogP contribution in [0.4, 0.5) is 0 Å². The Morgan fingerprint density at radius 2 is 1.72 bits per heavy atom. The normalized spacial score (nSPS) is 22.3. The number of amides is 2. The lowest BCUT2D eigenvalue weighted by molar-refractivity contribution is -0.142. The fraction of sp³-hybridized carbons (Fsp3) is 0.704. The molecule has 1 fully saturated rings. The number of ether oxygens (including phenoxy) is 2. The van der Waals surface area contributed by atoms with Gasteiger partial charge in [0, 0.05) is 46.3 Å². The van der Waals surface area contributed by atoms with Crippen molar-refractivity contribution in [2.45, 2.75) is 70.8 Å². The molecule has 0 unspecified atom stereocenters. The largest absolute Gasteiger partial charge is 0.508 e. The van der Waals surface area contributed by atoms with Gasteiger partial charge in [0.2, 0.25) is 11.8 Å². The summed E-state index contributed by atoms with van der Waals surface area (Å²) in [5.74, 6) is 0.111. The highest BCUT2D eigenvalue weighted by molar-refractivity contribution is 5.85. The minimum absolute atomic E-state index is 0. The summed E-state index contributed by atoms with van der Waals surface area (Å²) in [6, 6.07) is 5.82. The first kappa shape index (κ1) is 37.3. The standard InChI is InChI=1S/C27H45N3O7.2ClH/c1-19(2)10-15-37-25-17-30(20(3)31)13-12-29(11-4-5-14-36-18-24(33)26(25)34)27(35)23(28)16-21-6-8-22(32)9-7-21;;/h6-9,19,23-26,32-34H,4-5,10-18,28H2,1-3H3;2*1H/t23-,24+,25+,26+;;/m0../s1. The maximum absolute atomic E-state index is 13.3. The Bertz CT molecular complexity index is 832. The number of hydrogen-bond donors (Lipinski definition) is 4. The summed E-state index contributed by atoms with van der Waals surface area (Å²) in [6.45, 7) is 7.33. The second-order valence-corrected chi connectivity index (χ2v) is 10.2. The van der Waals surface area contributed by atoms with Crippen LogP contribution in [0.25, 0.3) is 0 Å². The smallest absolute Gasteiger partial charge is 0.239 e. The summed E-state index contributed by atoms with van der Waals surface area (Å²) < 4.78 is 11.5. The molecule has 0 aliphatic carbocycles.